The van der Waals surface area contributed by atoms with Crippen LogP contribution >= 0.6 is 0 Å². The lowest BCUT2D eigenvalue weighted by molar-refractivity contribution is -0.123. The maximum atomic E-state index is 12.5. The highest BCUT2D eigenvalue weighted by molar-refractivity contribution is 5.78. The number of carbonyl (C=O) groups excluding carboxylic acids is 1. The first-order chi connectivity index (χ1) is 18.5. The Hall–Kier alpha value is -3.67. The van der Waals surface area contributed by atoms with Gasteiger partial charge in [0.2, 0.25) is 11.8 Å². The summed E-state index contributed by atoms with van der Waals surface area (Å²) in [5.41, 5.74) is 1.11. The Morgan fingerprint density at radius 1 is 1.11 bits per heavy atom. The smallest absolute Gasteiger partial charge is 0.326 e. The lowest BCUT2D eigenvalue weighted by Crippen LogP contribution is -2.45. The van der Waals surface area contributed by atoms with E-state index >= 15 is 0 Å². The van der Waals surface area contributed by atoms with Gasteiger partial charge in [-0.3, -0.25) is 19.7 Å². The molecule has 6 rings (SSSR count). The van der Waals surface area contributed by atoms with Gasteiger partial charge in [0, 0.05) is 23.4 Å². The SMILES string of the molecule is O=C(CN1CCCCC1)NC1CCC(Nc2cc(=NC3CC3)n3nc/c(=C/c4[nH]c(=O)[nH]c4O)c3n2)CC1. The fourth-order valence-electron chi connectivity index (χ4n) is 5.46. The summed E-state index contributed by atoms with van der Waals surface area (Å²) in [6, 6.07) is 2.70. The molecule has 2 aliphatic carbocycles. The van der Waals surface area contributed by atoms with Crippen molar-refractivity contribution in [1.29, 1.82) is 0 Å². The number of hydrogen-bond acceptors (Lipinski definition) is 8. The standard InChI is InChI=1S/C26H35N9O3/c36-23(15-34-10-2-1-3-11-34)30-19-8-4-17(5-9-19)28-21-13-22(29-18-6-7-18)35-24(32-21)16(14-27-35)12-20-25(37)33-26(38)31-20/h12-14,17-19,28,37H,1-11,15H2,(H,30,36)(H2,31,33,38)/b16-12-,29-22?. The number of carbonyl (C=O) groups is 1. The van der Waals surface area contributed by atoms with E-state index in [9.17, 15) is 14.7 Å². The van der Waals surface area contributed by atoms with Crippen molar-refractivity contribution in [2.45, 2.75) is 75.9 Å². The van der Waals surface area contributed by atoms with Crippen LogP contribution < -0.4 is 27.0 Å². The fourth-order valence-corrected chi connectivity index (χ4v) is 5.46. The number of aromatic nitrogens is 5. The number of amides is 1. The van der Waals surface area contributed by atoms with Crippen molar-refractivity contribution in [2.75, 3.05) is 25.0 Å². The topological polar surface area (TPSA) is 156 Å². The molecule has 0 spiro atoms. The first kappa shape index (κ1) is 24.7. The molecule has 1 amide bonds. The minimum atomic E-state index is -0.483. The number of anilines is 1. The van der Waals surface area contributed by atoms with E-state index < -0.39 is 5.69 Å². The number of nitrogens with zero attached hydrogens (tertiary/aromatic N) is 5. The second-order valence-electron chi connectivity index (χ2n) is 10.8. The van der Waals surface area contributed by atoms with E-state index in [0.29, 0.717) is 23.5 Å². The van der Waals surface area contributed by atoms with Gasteiger partial charge in [-0.2, -0.15) is 9.61 Å². The third-order valence-corrected chi connectivity index (χ3v) is 7.64. The number of aromatic hydroxyl groups is 1. The number of rotatable bonds is 7. The highest BCUT2D eigenvalue weighted by atomic mass is 16.3. The Morgan fingerprint density at radius 3 is 2.58 bits per heavy atom. The Labute approximate surface area is 219 Å². The monoisotopic (exact) mass is 521 g/mol. The Balaban J connectivity index is 1.15. The molecule has 0 bridgehead atoms. The molecular formula is C26H35N9O3. The molecule has 12 nitrogen and oxygen atoms in total. The van der Waals surface area contributed by atoms with Gasteiger partial charge in [-0.05, 0) is 70.5 Å². The molecule has 38 heavy (non-hydrogen) atoms. The second kappa shape index (κ2) is 10.6. The van der Waals surface area contributed by atoms with Crippen LogP contribution in [-0.2, 0) is 4.79 Å². The van der Waals surface area contributed by atoms with E-state index in [-0.39, 0.29) is 29.6 Å². The number of piperidine rings is 1. The zero-order chi connectivity index (χ0) is 26.1. The summed E-state index contributed by atoms with van der Waals surface area (Å²) in [5.74, 6) is 0.629. The number of aromatic amines is 2. The van der Waals surface area contributed by atoms with Crippen molar-refractivity contribution >= 4 is 23.4 Å². The van der Waals surface area contributed by atoms with Crippen LogP contribution in [0.2, 0.25) is 0 Å². The van der Waals surface area contributed by atoms with E-state index in [1.165, 1.54) is 19.3 Å². The normalized spacial score (nSPS) is 23.7. The summed E-state index contributed by atoms with van der Waals surface area (Å²) in [5, 5.41) is 21.9. The van der Waals surface area contributed by atoms with Crippen molar-refractivity contribution in [3.05, 3.63) is 39.1 Å². The Morgan fingerprint density at radius 2 is 1.87 bits per heavy atom. The predicted molar refractivity (Wildman–Crippen MR) is 142 cm³/mol. The van der Waals surface area contributed by atoms with Gasteiger partial charge in [0.25, 0.3) is 0 Å². The number of hydrogen-bond donors (Lipinski definition) is 5. The van der Waals surface area contributed by atoms with Gasteiger partial charge in [-0.15, -0.1) is 0 Å². The zero-order valence-corrected chi connectivity index (χ0v) is 21.4. The number of nitrogens with one attached hydrogen (secondary N) is 4. The highest BCUT2D eigenvalue weighted by Gasteiger charge is 2.24. The van der Waals surface area contributed by atoms with Crippen LogP contribution in [0.1, 0.15) is 63.5 Å². The van der Waals surface area contributed by atoms with Crippen LogP contribution in [0.25, 0.3) is 11.7 Å². The van der Waals surface area contributed by atoms with E-state index in [4.69, 9.17) is 9.98 Å². The van der Waals surface area contributed by atoms with Crippen molar-refractivity contribution in [1.82, 2.24) is 34.8 Å². The molecule has 3 fully saturated rings. The van der Waals surface area contributed by atoms with Crippen LogP contribution in [0.3, 0.4) is 0 Å². The fraction of sp³-hybridized carbons (Fsp3) is 0.577. The highest BCUT2D eigenvalue weighted by Crippen LogP contribution is 2.23. The van der Waals surface area contributed by atoms with Crippen LogP contribution in [-0.4, -0.2) is 78.2 Å². The van der Waals surface area contributed by atoms with Crippen LogP contribution in [0.4, 0.5) is 5.82 Å². The van der Waals surface area contributed by atoms with E-state index in [1.807, 2.05) is 6.07 Å². The van der Waals surface area contributed by atoms with Crippen LogP contribution in [0.15, 0.2) is 22.1 Å². The number of imidazole rings is 1. The molecule has 2 saturated carbocycles. The first-order valence-electron chi connectivity index (χ1n) is 13.7. The Bertz CT molecular complexity index is 1470. The summed E-state index contributed by atoms with van der Waals surface area (Å²) >= 11 is 0. The van der Waals surface area contributed by atoms with Crippen molar-refractivity contribution in [3.63, 3.8) is 0 Å². The van der Waals surface area contributed by atoms with Crippen molar-refractivity contribution < 1.29 is 9.90 Å². The van der Waals surface area contributed by atoms with Gasteiger partial charge >= 0.3 is 5.69 Å². The first-order valence-corrected chi connectivity index (χ1v) is 13.7. The van der Waals surface area contributed by atoms with Gasteiger partial charge in [0.05, 0.1) is 18.8 Å². The van der Waals surface area contributed by atoms with E-state index in [1.54, 1.807) is 16.8 Å². The quantitative estimate of drug-likeness (QED) is 0.301. The largest absolute Gasteiger partial charge is 0.493 e. The Kier molecular flexibility index (Phi) is 6.88. The van der Waals surface area contributed by atoms with Gasteiger partial charge in [0.1, 0.15) is 11.5 Å². The average molecular weight is 522 g/mol. The zero-order valence-electron chi connectivity index (χ0n) is 21.4. The third kappa shape index (κ3) is 5.74. The summed E-state index contributed by atoms with van der Waals surface area (Å²) in [4.78, 5) is 40.9. The maximum absolute atomic E-state index is 12.5. The van der Waals surface area contributed by atoms with Crippen LogP contribution in [0.5, 0.6) is 5.88 Å². The predicted octanol–water partition coefficient (Wildman–Crippen LogP) is 0.387. The van der Waals surface area contributed by atoms with Gasteiger partial charge in [-0.1, -0.05) is 6.42 Å². The number of likely N-dealkylation sites (tertiary alicyclic amines) is 1. The lowest BCUT2D eigenvalue weighted by Gasteiger charge is -2.31. The lowest BCUT2D eigenvalue weighted by atomic mass is 9.91. The summed E-state index contributed by atoms with van der Waals surface area (Å²) in [7, 11) is 0. The average Bonchev–Trinajstić information content (AvgIpc) is 3.54. The summed E-state index contributed by atoms with van der Waals surface area (Å²) < 4.78 is 1.70. The summed E-state index contributed by atoms with van der Waals surface area (Å²) in [6.45, 7) is 2.56. The second-order valence-corrected chi connectivity index (χ2v) is 10.8. The third-order valence-electron chi connectivity index (χ3n) is 7.64. The van der Waals surface area contributed by atoms with Gasteiger partial charge in [0.15, 0.2) is 11.1 Å². The van der Waals surface area contributed by atoms with Gasteiger partial charge < -0.3 is 20.7 Å². The molecule has 0 unspecified atom stereocenters. The molecule has 0 radical (unpaired) electrons. The van der Waals surface area contributed by atoms with E-state index in [2.05, 4.69) is 30.6 Å². The summed E-state index contributed by atoms with van der Waals surface area (Å²) in [6.07, 6.45) is 12.8. The molecule has 12 heteroatoms. The molecule has 3 aliphatic rings. The van der Waals surface area contributed by atoms with Crippen molar-refractivity contribution in [3.8, 4) is 5.88 Å². The molecule has 3 aromatic rings. The van der Waals surface area contributed by atoms with Crippen molar-refractivity contribution in [2.24, 2.45) is 4.99 Å². The maximum Gasteiger partial charge on any atom is 0.326 e. The van der Waals surface area contributed by atoms with E-state index in [0.717, 1.165) is 62.9 Å². The van der Waals surface area contributed by atoms with Crippen LogP contribution in [0, 0.1) is 0 Å². The molecule has 202 valence electrons. The minimum Gasteiger partial charge on any atom is -0.493 e. The molecule has 4 heterocycles. The molecular weight excluding hydrogens is 486 g/mol. The minimum absolute atomic E-state index is 0.140. The number of H-pyrrole nitrogens is 2. The molecule has 3 aromatic heterocycles. The van der Waals surface area contributed by atoms with Gasteiger partial charge in [-0.25, -0.2) is 9.78 Å². The molecule has 1 aliphatic heterocycles. The molecule has 1 saturated heterocycles. The molecule has 0 aromatic carbocycles. The number of fused-ring (bicyclic) bond motifs is 1. The molecule has 0 atom stereocenters. The molecule has 5 N–H and O–H groups in total.